The van der Waals surface area contributed by atoms with Gasteiger partial charge >= 0.3 is 0 Å². The van der Waals surface area contributed by atoms with Crippen molar-refractivity contribution in [3.8, 4) is 5.88 Å². The normalized spacial score (nSPS) is 10.9. The van der Waals surface area contributed by atoms with Crippen molar-refractivity contribution in [2.45, 2.75) is 46.4 Å². The van der Waals surface area contributed by atoms with E-state index in [1.807, 2.05) is 24.3 Å². The summed E-state index contributed by atoms with van der Waals surface area (Å²) in [5, 5.41) is 3.43. The van der Waals surface area contributed by atoms with Gasteiger partial charge in [-0.2, -0.15) is 0 Å². The molecule has 0 aliphatic rings. The Morgan fingerprint density at radius 3 is 2.52 bits per heavy atom. The highest BCUT2D eigenvalue weighted by molar-refractivity contribution is 5.26. The van der Waals surface area contributed by atoms with Gasteiger partial charge in [0, 0.05) is 24.3 Å². The quantitative estimate of drug-likeness (QED) is 0.841. The summed E-state index contributed by atoms with van der Waals surface area (Å²) in [4.78, 5) is 4.54. The number of benzene rings is 1. The second-order valence-electron chi connectivity index (χ2n) is 5.47. The van der Waals surface area contributed by atoms with Crippen molar-refractivity contribution >= 4 is 0 Å². The van der Waals surface area contributed by atoms with E-state index < -0.39 is 0 Å². The molecule has 2 rings (SSSR count). The predicted molar refractivity (Wildman–Crippen MR) is 86.4 cm³/mol. The second-order valence-corrected chi connectivity index (χ2v) is 5.47. The standard InChI is InChI=1S/C18H24N2O/c1-4-17-10-16(12-19-14(2)3)11-18(20-17)21-13-15-8-6-5-7-9-15/h5-11,14,19H,4,12-13H2,1-3H3. The molecule has 0 spiro atoms. The Morgan fingerprint density at radius 1 is 1.10 bits per heavy atom. The number of rotatable bonds is 7. The topological polar surface area (TPSA) is 34.1 Å². The molecule has 2 aromatic rings. The second kappa shape index (κ2) is 7.79. The molecule has 0 aliphatic heterocycles. The molecule has 1 aromatic carbocycles. The van der Waals surface area contributed by atoms with Gasteiger partial charge in [-0.25, -0.2) is 4.98 Å². The number of aromatic nitrogens is 1. The van der Waals surface area contributed by atoms with Gasteiger partial charge in [-0.05, 0) is 23.6 Å². The number of nitrogens with zero attached hydrogens (tertiary/aromatic N) is 1. The predicted octanol–water partition coefficient (Wildman–Crippen LogP) is 3.72. The Hall–Kier alpha value is -1.87. The molecule has 0 amide bonds. The van der Waals surface area contributed by atoms with Crippen LogP contribution in [0.3, 0.4) is 0 Å². The van der Waals surface area contributed by atoms with Gasteiger partial charge in [-0.3, -0.25) is 0 Å². The first-order chi connectivity index (χ1) is 10.2. The monoisotopic (exact) mass is 284 g/mol. The molecule has 3 heteroatoms. The first-order valence-corrected chi connectivity index (χ1v) is 7.57. The summed E-state index contributed by atoms with van der Waals surface area (Å²) in [5.74, 6) is 0.707. The van der Waals surface area contributed by atoms with Crippen LogP contribution in [0.5, 0.6) is 5.88 Å². The summed E-state index contributed by atoms with van der Waals surface area (Å²) >= 11 is 0. The van der Waals surface area contributed by atoms with Crippen LogP contribution < -0.4 is 10.1 Å². The molecule has 0 atom stereocenters. The van der Waals surface area contributed by atoms with E-state index in [0.29, 0.717) is 18.5 Å². The molecule has 0 bridgehead atoms. The van der Waals surface area contributed by atoms with E-state index >= 15 is 0 Å². The lowest BCUT2D eigenvalue weighted by Crippen LogP contribution is -2.22. The summed E-state index contributed by atoms with van der Waals surface area (Å²) in [6, 6.07) is 14.8. The van der Waals surface area contributed by atoms with Crippen LogP contribution in [0.25, 0.3) is 0 Å². The number of aryl methyl sites for hydroxylation is 1. The lowest BCUT2D eigenvalue weighted by molar-refractivity contribution is 0.292. The average molecular weight is 284 g/mol. The molecule has 0 fully saturated rings. The van der Waals surface area contributed by atoms with E-state index in [2.05, 4.69) is 49.3 Å². The molecule has 112 valence electrons. The van der Waals surface area contributed by atoms with Crippen molar-refractivity contribution in [1.29, 1.82) is 0 Å². The molecule has 0 unspecified atom stereocenters. The number of hydrogen-bond acceptors (Lipinski definition) is 3. The third-order valence-corrected chi connectivity index (χ3v) is 3.22. The Bertz CT molecular complexity index is 552. The van der Waals surface area contributed by atoms with Crippen LogP contribution in [0.15, 0.2) is 42.5 Å². The van der Waals surface area contributed by atoms with Crippen LogP contribution in [0, 0.1) is 0 Å². The van der Waals surface area contributed by atoms with Crippen molar-refractivity contribution in [1.82, 2.24) is 10.3 Å². The van der Waals surface area contributed by atoms with Crippen LogP contribution >= 0.6 is 0 Å². The van der Waals surface area contributed by atoms with E-state index in [-0.39, 0.29) is 0 Å². The number of pyridine rings is 1. The average Bonchev–Trinajstić information content (AvgIpc) is 2.51. The Kier molecular flexibility index (Phi) is 5.76. The van der Waals surface area contributed by atoms with Gasteiger partial charge in [0.15, 0.2) is 0 Å². The van der Waals surface area contributed by atoms with E-state index in [1.165, 1.54) is 5.56 Å². The SMILES string of the molecule is CCc1cc(CNC(C)C)cc(OCc2ccccc2)n1. The molecular weight excluding hydrogens is 260 g/mol. The smallest absolute Gasteiger partial charge is 0.214 e. The fourth-order valence-corrected chi connectivity index (χ4v) is 2.03. The van der Waals surface area contributed by atoms with Crippen LogP contribution in [-0.2, 0) is 19.6 Å². The van der Waals surface area contributed by atoms with Gasteiger partial charge in [-0.1, -0.05) is 51.1 Å². The number of ether oxygens (including phenoxy) is 1. The lowest BCUT2D eigenvalue weighted by atomic mass is 10.2. The van der Waals surface area contributed by atoms with E-state index in [0.717, 1.165) is 24.2 Å². The van der Waals surface area contributed by atoms with Crippen molar-refractivity contribution in [3.63, 3.8) is 0 Å². The minimum atomic E-state index is 0.469. The zero-order valence-corrected chi connectivity index (χ0v) is 13.1. The zero-order chi connectivity index (χ0) is 15.1. The van der Waals surface area contributed by atoms with Gasteiger partial charge in [0.25, 0.3) is 0 Å². The maximum atomic E-state index is 5.84. The first kappa shape index (κ1) is 15.5. The molecule has 0 saturated heterocycles. The van der Waals surface area contributed by atoms with Crippen LogP contribution in [0.2, 0.25) is 0 Å². The lowest BCUT2D eigenvalue weighted by Gasteiger charge is -2.12. The van der Waals surface area contributed by atoms with E-state index in [1.54, 1.807) is 0 Å². The first-order valence-electron chi connectivity index (χ1n) is 7.57. The number of hydrogen-bond donors (Lipinski definition) is 1. The van der Waals surface area contributed by atoms with Crippen molar-refractivity contribution in [2.24, 2.45) is 0 Å². The summed E-state index contributed by atoms with van der Waals surface area (Å²) in [6.45, 7) is 7.80. The Labute approximate surface area is 127 Å². The summed E-state index contributed by atoms with van der Waals surface area (Å²) in [6.07, 6.45) is 0.914. The molecule has 1 N–H and O–H groups in total. The molecule has 1 aromatic heterocycles. The minimum Gasteiger partial charge on any atom is -0.473 e. The Morgan fingerprint density at radius 2 is 1.86 bits per heavy atom. The van der Waals surface area contributed by atoms with Gasteiger partial charge < -0.3 is 10.1 Å². The van der Waals surface area contributed by atoms with E-state index in [9.17, 15) is 0 Å². The van der Waals surface area contributed by atoms with Crippen molar-refractivity contribution < 1.29 is 4.74 Å². The van der Waals surface area contributed by atoms with Gasteiger partial charge in [0.05, 0.1) is 0 Å². The highest BCUT2D eigenvalue weighted by Crippen LogP contribution is 2.15. The maximum Gasteiger partial charge on any atom is 0.214 e. The molecule has 1 heterocycles. The maximum absolute atomic E-state index is 5.84. The highest BCUT2D eigenvalue weighted by Gasteiger charge is 2.04. The Balaban J connectivity index is 2.05. The zero-order valence-electron chi connectivity index (χ0n) is 13.1. The van der Waals surface area contributed by atoms with Crippen LogP contribution in [0.4, 0.5) is 0 Å². The van der Waals surface area contributed by atoms with Gasteiger partial charge in [0.2, 0.25) is 5.88 Å². The third kappa shape index (κ3) is 5.20. The van der Waals surface area contributed by atoms with Gasteiger partial charge in [-0.15, -0.1) is 0 Å². The molecular formula is C18H24N2O. The largest absolute Gasteiger partial charge is 0.473 e. The fourth-order valence-electron chi connectivity index (χ4n) is 2.03. The molecule has 21 heavy (non-hydrogen) atoms. The van der Waals surface area contributed by atoms with E-state index in [4.69, 9.17) is 4.74 Å². The minimum absolute atomic E-state index is 0.469. The van der Waals surface area contributed by atoms with Crippen LogP contribution in [-0.4, -0.2) is 11.0 Å². The summed E-state index contributed by atoms with van der Waals surface area (Å²) in [7, 11) is 0. The van der Waals surface area contributed by atoms with Crippen molar-refractivity contribution in [3.05, 3.63) is 59.3 Å². The van der Waals surface area contributed by atoms with Crippen molar-refractivity contribution in [2.75, 3.05) is 0 Å². The van der Waals surface area contributed by atoms with Gasteiger partial charge in [0.1, 0.15) is 6.61 Å². The molecule has 0 radical (unpaired) electrons. The highest BCUT2D eigenvalue weighted by atomic mass is 16.5. The summed E-state index contributed by atoms with van der Waals surface area (Å²) < 4.78 is 5.84. The fraction of sp³-hybridized carbons (Fsp3) is 0.389. The third-order valence-electron chi connectivity index (χ3n) is 3.22. The molecule has 0 saturated carbocycles. The molecule has 3 nitrogen and oxygen atoms in total. The van der Waals surface area contributed by atoms with Crippen LogP contribution in [0.1, 0.15) is 37.6 Å². The summed E-state index contributed by atoms with van der Waals surface area (Å²) in [5.41, 5.74) is 3.45. The number of nitrogens with one attached hydrogen (secondary N) is 1. The molecule has 0 aliphatic carbocycles.